The van der Waals surface area contributed by atoms with Crippen LogP contribution in [0.2, 0.25) is 0 Å². The second-order valence-corrected chi connectivity index (χ2v) is 4.97. The Balaban J connectivity index is 1.81. The van der Waals surface area contributed by atoms with Gasteiger partial charge in [-0.3, -0.25) is 9.78 Å². The number of nitrogens with one attached hydrogen (secondary N) is 1. The fourth-order valence-electron chi connectivity index (χ4n) is 3.02. The molecule has 1 aliphatic heterocycles. The Morgan fingerprint density at radius 1 is 1.53 bits per heavy atom. The molecule has 1 saturated carbocycles. The highest BCUT2D eigenvalue weighted by atomic mass is 16.2. The molecule has 2 atom stereocenters. The Bertz CT molecular complexity index is 446. The largest absolute Gasteiger partial charge is 0.388 e. The summed E-state index contributed by atoms with van der Waals surface area (Å²) in [5, 5.41) is 3.04. The van der Waals surface area contributed by atoms with Gasteiger partial charge in [0.25, 0.3) is 5.91 Å². The molecular formula is C13H17N3O. The molecule has 2 aliphatic rings. The highest BCUT2D eigenvalue weighted by Gasteiger charge is 2.40. The van der Waals surface area contributed by atoms with Crippen LogP contribution in [0.1, 0.15) is 29.8 Å². The molecule has 0 radical (unpaired) electrons. The van der Waals surface area contributed by atoms with Crippen molar-refractivity contribution in [2.24, 2.45) is 5.92 Å². The SMILES string of the molecule is CNc1ccnc(C(=O)N2CC3CCC2C3)c1. The molecule has 1 aromatic rings. The summed E-state index contributed by atoms with van der Waals surface area (Å²) in [4.78, 5) is 18.5. The van der Waals surface area contributed by atoms with Crippen molar-refractivity contribution in [1.82, 2.24) is 9.88 Å². The second kappa shape index (κ2) is 4.02. The van der Waals surface area contributed by atoms with Crippen molar-refractivity contribution >= 4 is 11.6 Å². The van der Waals surface area contributed by atoms with Crippen LogP contribution in [-0.2, 0) is 0 Å². The Morgan fingerprint density at radius 2 is 2.41 bits per heavy atom. The van der Waals surface area contributed by atoms with E-state index in [9.17, 15) is 4.79 Å². The van der Waals surface area contributed by atoms with Crippen LogP contribution >= 0.6 is 0 Å². The van der Waals surface area contributed by atoms with Gasteiger partial charge in [0.2, 0.25) is 0 Å². The molecule has 2 unspecified atom stereocenters. The van der Waals surface area contributed by atoms with E-state index in [-0.39, 0.29) is 5.91 Å². The summed E-state index contributed by atoms with van der Waals surface area (Å²) in [5.41, 5.74) is 1.50. The normalized spacial score (nSPS) is 26.3. The summed E-state index contributed by atoms with van der Waals surface area (Å²) in [6, 6.07) is 4.16. The molecule has 0 aromatic carbocycles. The van der Waals surface area contributed by atoms with Crippen LogP contribution in [0.3, 0.4) is 0 Å². The number of aromatic nitrogens is 1. The number of nitrogens with zero attached hydrogens (tertiary/aromatic N) is 2. The van der Waals surface area contributed by atoms with E-state index in [1.165, 1.54) is 19.3 Å². The van der Waals surface area contributed by atoms with Crippen LogP contribution in [0.5, 0.6) is 0 Å². The Kier molecular flexibility index (Phi) is 2.50. The maximum atomic E-state index is 12.3. The van der Waals surface area contributed by atoms with E-state index >= 15 is 0 Å². The van der Waals surface area contributed by atoms with Crippen LogP contribution < -0.4 is 5.32 Å². The molecule has 2 heterocycles. The molecule has 1 aliphatic carbocycles. The zero-order valence-electron chi connectivity index (χ0n) is 10.0. The summed E-state index contributed by atoms with van der Waals surface area (Å²) in [7, 11) is 1.85. The summed E-state index contributed by atoms with van der Waals surface area (Å²) >= 11 is 0. The van der Waals surface area contributed by atoms with Gasteiger partial charge in [-0.15, -0.1) is 0 Å². The molecule has 17 heavy (non-hydrogen) atoms. The smallest absolute Gasteiger partial charge is 0.272 e. The van der Waals surface area contributed by atoms with Crippen LogP contribution in [-0.4, -0.2) is 35.4 Å². The number of piperidine rings is 1. The molecule has 2 fully saturated rings. The van der Waals surface area contributed by atoms with Crippen LogP contribution in [0.15, 0.2) is 18.3 Å². The lowest BCUT2D eigenvalue weighted by molar-refractivity contribution is 0.0697. The van der Waals surface area contributed by atoms with Crippen LogP contribution in [0.4, 0.5) is 5.69 Å². The second-order valence-electron chi connectivity index (χ2n) is 4.97. The highest BCUT2D eigenvalue weighted by molar-refractivity contribution is 5.93. The van der Waals surface area contributed by atoms with E-state index in [2.05, 4.69) is 10.3 Å². The van der Waals surface area contributed by atoms with Crippen LogP contribution in [0.25, 0.3) is 0 Å². The monoisotopic (exact) mass is 231 g/mol. The Morgan fingerprint density at radius 3 is 3.06 bits per heavy atom. The minimum atomic E-state index is 0.0919. The first-order valence-corrected chi connectivity index (χ1v) is 6.22. The predicted molar refractivity (Wildman–Crippen MR) is 65.9 cm³/mol. The summed E-state index contributed by atoms with van der Waals surface area (Å²) in [6.07, 6.45) is 5.34. The van der Waals surface area contributed by atoms with Gasteiger partial charge in [-0.2, -0.15) is 0 Å². The first-order chi connectivity index (χ1) is 8.28. The van der Waals surface area contributed by atoms with E-state index in [1.807, 2.05) is 24.1 Å². The molecule has 90 valence electrons. The lowest BCUT2D eigenvalue weighted by Crippen LogP contribution is -2.38. The number of hydrogen-bond acceptors (Lipinski definition) is 3. The van der Waals surface area contributed by atoms with Gasteiger partial charge in [-0.05, 0) is 37.3 Å². The Labute approximate surface area is 101 Å². The molecule has 1 aromatic heterocycles. The third-order valence-corrected chi connectivity index (χ3v) is 3.94. The number of carbonyl (C=O) groups excluding carboxylic acids is 1. The van der Waals surface area contributed by atoms with Crippen molar-refractivity contribution in [1.29, 1.82) is 0 Å². The molecule has 2 bridgehead atoms. The molecular weight excluding hydrogens is 214 g/mol. The highest BCUT2D eigenvalue weighted by Crippen LogP contribution is 2.37. The number of fused-ring (bicyclic) bond motifs is 2. The summed E-state index contributed by atoms with van der Waals surface area (Å²) in [6.45, 7) is 0.926. The van der Waals surface area contributed by atoms with Crippen LogP contribution in [0, 0.1) is 5.92 Å². The van der Waals surface area contributed by atoms with Gasteiger partial charge in [0.05, 0.1) is 0 Å². The summed E-state index contributed by atoms with van der Waals surface area (Å²) in [5.74, 6) is 0.825. The Hall–Kier alpha value is -1.58. The number of hydrogen-bond donors (Lipinski definition) is 1. The standard InChI is InChI=1S/C13H17N3O/c1-14-10-4-5-15-12(7-10)13(17)16-8-9-2-3-11(16)6-9/h4-5,7,9,11H,2-3,6,8H2,1H3,(H,14,15). The van der Waals surface area contributed by atoms with E-state index < -0.39 is 0 Å². The number of pyridine rings is 1. The third kappa shape index (κ3) is 1.77. The van der Waals surface area contributed by atoms with Gasteiger partial charge in [-0.1, -0.05) is 0 Å². The first kappa shape index (κ1) is 10.6. The van der Waals surface area contributed by atoms with Crippen molar-refractivity contribution in [3.8, 4) is 0 Å². The van der Waals surface area contributed by atoms with Crippen molar-refractivity contribution < 1.29 is 4.79 Å². The van der Waals surface area contributed by atoms with Crippen molar-refractivity contribution in [2.75, 3.05) is 18.9 Å². The fourth-order valence-corrected chi connectivity index (χ4v) is 3.02. The lowest BCUT2D eigenvalue weighted by atomic mass is 10.1. The molecule has 4 heteroatoms. The van der Waals surface area contributed by atoms with Crippen molar-refractivity contribution in [2.45, 2.75) is 25.3 Å². The van der Waals surface area contributed by atoms with E-state index in [4.69, 9.17) is 0 Å². The number of carbonyl (C=O) groups is 1. The number of likely N-dealkylation sites (tertiary alicyclic amines) is 1. The van der Waals surface area contributed by atoms with E-state index in [0.717, 1.165) is 18.2 Å². The molecule has 1 N–H and O–H groups in total. The van der Waals surface area contributed by atoms with E-state index in [0.29, 0.717) is 11.7 Å². The maximum absolute atomic E-state index is 12.3. The molecule has 1 saturated heterocycles. The molecule has 0 spiro atoms. The lowest BCUT2D eigenvalue weighted by Gasteiger charge is -2.26. The summed E-state index contributed by atoms with van der Waals surface area (Å²) < 4.78 is 0. The number of anilines is 1. The topological polar surface area (TPSA) is 45.2 Å². The van der Waals surface area contributed by atoms with Gasteiger partial charge < -0.3 is 10.2 Å². The molecule has 3 rings (SSSR count). The predicted octanol–water partition coefficient (Wildman–Crippen LogP) is 1.75. The van der Waals surface area contributed by atoms with E-state index in [1.54, 1.807) is 6.20 Å². The third-order valence-electron chi connectivity index (χ3n) is 3.94. The average molecular weight is 231 g/mol. The minimum Gasteiger partial charge on any atom is -0.388 e. The number of amides is 1. The quantitative estimate of drug-likeness (QED) is 0.843. The maximum Gasteiger partial charge on any atom is 0.272 e. The van der Waals surface area contributed by atoms with Gasteiger partial charge in [-0.25, -0.2) is 0 Å². The number of rotatable bonds is 2. The zero-order chi connectivity index (χ0) is 11.8. The van der Waals surface area contributed by atoms with Gasteiger partial charge in [0.1, 0.15) is 5.69 Å². The van der Waals surface area contributed by atoms with Gasteiger partial charge in [0.15, 0.2) is 0 Å². The minimum absolute atomic E-state index is 0.0919. The van der Waals surface area contributed by atoms with Crippen molar-refractivity contribution in [3.63, 3.8) is 0 Å². The fraction of sp³-hybridized carbons (Fsp3) is 0.538. The van der Waals surface area contributed by atoms with Crippen molar-refractivity contribution in [3.05, 3.63) is 24.0 Å². The first-order valence-electron chi connectivity index (χ1n) is 6.22. The average Bonchev–Trinajstić information content (AvgIpc) is 3.00. The zero-order valence-corrected chi connectivity index (χ0v) is 10.0. The molecule has 4 nitrogen and oxygen atoms in total. The van der Waals surface area contributed by atoms with Gasteiger partial charge >= 0.3 is 0 Å². The molecule has 1 amide bonds. The van der Waals surface area contributed by atoms with Gasteiger partial charge in [0, 0.05) is 31.5 Å².